The Morgan fingerprint density at radius 1 is 1.50 bits per heavy atom. The Kier molecular flexibility index (Phi) is 3.99. The number of rotatable bonds is 4. The van der Waals surface area contributed by atoms with Gasteiger partial charge in [0.15, 0.2) is 0 Å². The molecule has 1 aromatic rings. The van der Waals surface area contributed by atoms with E-state index in [0.29, 0.717) is 12.1 Å². The zero-order chi connectivity index (χ0) is 11.4. The monoisotopic (exact) mass is 221 g/mol. The molecule has 0 spiro atoms. The first kappa shape index (κ1) is 11.6. The quantitative estimate of drug-likeness (QED) is 0.846. The van der Waals surface area contributed by atoms with Gasteiger partial charge in [-0.05, 0) is 45.1 Å². The minimum absolute atomic E-state index is 0.706. The molecular formula is C13H23N3. The van der Waals surface area contributed by atoms with Crippen molar-refractivity contribution in [2.24, 2.45) is 0 Å². The summed E-state index contributed by atoms with van der Waals surface area (Å²) in [6.45, 7) is 5.39. The van der Waals surface area contributed by atoms with Crippen molar-refractivity contribution in [3.8, 4) is 0 Å². The van der Waals surface area contributed by atoms with Gasteiger partial charge in [-0.3, -0.25) is 4.68 Å². The van der Waals surface area contributed by atoms with Crippen LogP contribution < -0.4 is 5.32 Å². The molecule has 1 N–H and O–H groups in total. The number of nitrogens with zero attached hydrogens (tertiary/aromatic N) is 2. The lowest BCUT2D eigenvalue weighted by Gasteiger charge is -2.28. The largest absolute Gasteiger partial charge is 0.311 e. The van der Waals surface area contributed by atoms with Gasteiger partial charge in [-0.1, -0.05) is 6.42 Å². The average molecular weight is 221 g/mol. The number of aryl methyl sites for hydroxylation is 2. The molecule has 1 aliphatic rings. The van der Waals surface area contributed by atoms with Crippen LogP contribution in [0.25, 0.3) is 0 Å². The molecule has 0 bridgehead atoms. The average Bonchev–Trinajstić information content (AvgIpc) is 2.74. The third-order valence-corrected chi connectivity index (χ3v) is 3.50. The van der Waals surface area contributed by atoms with Gasteiger partial charge in [-0.2, -0.15) is 5.10 Å². The highest BCUT2D eigenvalue weighted by Crippen LogP contribution is 2.16. The van der Waals surface area contributed by atoms with Gasteiger partial charge in [0.25, 0.3) is 0 Å². The number of hydrogen-bond acceptors (Lipinski definition) is 2. The van der Waals surface area contributed by atoms with Crippen LogP contribution in [0.2, 0.25) is 0 Å². The summed E-state index contributed by atoms with van der Waals surface area (Å²) in [7, 11) is 0. The Morgan fingerprint density at radius 2 is 2.38 bits per heavy atom. The van der Waals surface area contributed by atoms with E-state index < -0.39 is 0 Å². The summed E-state index contributed by atoms with van der Waals surface area (Å²) >= 11 is 0. The molecule has 3 nitrogen and oxygen atoms in total. The fourth-order valence-corrected chi connectivity index (χ4v) is 2.52. The number of aromatic nitrogens is 2. The molecule has 90 valence electrons. The zero-order valence-electron chi connectivity index (χ0n) is 10.4. The summed E-state index contributed by atoms with van der Waals surface area (Å²) in [5.74, 6) is 0. The van der Waals surface area contributed by atoms with E-state index in [-0.39, 0.29) is 0 Å². The predicted molar refractivity (Wildman–Crippen MR) is 66.5 cm³/mol. The second-order valence-electron chi connectivity index (χ2n) is 4.94. The smallest absolute Gasteiger partial charge is 0.0521 e. The maximum absolute atomic E-state index is 4.31. The first-order valence-electron chi connectivity index (χ1n) is 6.55. The molecule has 0 aliphatic carbocycles. The highest BCUT2D eigenvalue weighted by Gasteiger charge is 2.17. The Balaban J connectivity index is 1.78. The van der Waals surface area contributed by atoms with E-state index in [1.807, 2.05) is 10.9 Å². The van der Waals surface area contributed by atoms with Gasteiger partial charge < -0.3 is 5.32 Å². The number of piperidine rings is 1. The maximum Gasteiger partial charge on any atom is 0.0521 e. The standard InChI is InChI=1S/C13H23N3/c1-3-16-10-12(9-14-16)7-8-13-6-4-5-11(2)15-13/h9-11,13,15H,3-8H2,1-2H3. The van der Waals surface area contributed by atoms with Crippen molar-refractivity contribution in [2.45, 2.75) is 64.6 Å². The Bertz CT molecular complexity index is 319. The summed E-state index contributed by atoms with van der Waals surface area (Å²) in [4.78, 5) is 0. The first-order valence-corrected chi connectivity index (χ1v) is 6.55. The molecule has 0 aromatic carbocycles. The fraction of sp³-hybridized carbons (Fsp3) is 0.769. The molecule has 16 heavy (non-hydrogen) atoms. The molecule has 1 fully saturated rings. The van der Waals surface area contributed by atoms with Crippen LogP contribution in [0.4, 0.5) is 0 Å². The lowest BCUT2D eigenvalue weighted by molar-refractivity contribution is 0.322. The van der Waals surface area contributed by atoms with Gasteiger partial charge in [-0.25, -0.2) is 0 Å². The highest BCUT2D eigenvalue weighted by molar-refractivity contribution is 5.04. The van der Waals surface area contributed by atoms with E-state index in [0.717, 1.165) is 13.0 Å². The molecule has 0 saturated carbocycles. The van der Waals surface area contributed by atoms with Crippen molar-refractivity contribution in [3.05, 3.63) is 18.0 Å². The third kappa shape index (κ3) is 3.08. The third-order valence-electron chi connectivity index (χ3n) is 3.50. The molecule has 1 saturated heterocycles. The molecular weight excluding hydrogens is 198 g/mol. The summed E-state index contributed by atoms with van der Waals surface area (Å²) in [6.07, 6.45) is 10.6. The van der Waals surface area contributed by atoms with Crippen LogP contribution in [0.5, 0.6) is 0 Å². The maximum atomic E-state index is 4.31. The van der Waals surface area contributed by atoms with E-state index in [1.54, 1.807) is 0 Å². The summed E-state index contributed by atoms with van der Waals surface area (Å²) in [5.41, 5.74) is 1.38. The van der Waals surface area contributed by atoms with Crippen molar-refractivity contribution in [1.29, 1.82) is 0 Å². The first-order chi connectivity index (χ1) is 7.78. The van der Waals surface area contributed by atoms with E-state index in [2.05, 4.69) is 30.5 Å². The van der Waals surface area contributed by atoms with Crippen LogP contribution in [-0.2, 0) is 13.0 Å². The molecule has 2 unspecified atom stereocenters. The van der Waals surface area contributed by atoms with Crippen LogP contribution in [0, 0.1) is 0 Å². The van der Waals surface area contributed by atoms with Gasteiger partial charge in [0.05, 0.1) is 6.20 Å². The van der Waals surface area contributed by atoms with Crippen LogP contribution in [0.15, 0.2) is 12.4 Å². The highest BCUT2D eigenvalue weighted by atomic mass is 15.3. The van der Waals surface area contributed by atoms with E-state index in [9.17, 15) is 0 Å². The van der Waals surface area contributed by atoms with Gasteiger partial charge in [0.2, 0.25) is 0 Å². The van der Waals surface area contributed by atoms with Crippen molar-refractivity contribution in [3.63, 3.8) is 0 Å². The van der Waals surface area contributed by atoms with Crippen LogP contribution >= 0.6 is 0 Å². The molecule has 2 heterocycles. The van der Waals surface area contributed by atoms with Crippen molar-refractivity contribution in [1.82, 2.24) is 15.1 Å². The lowest BCUT2D eigenvalue weighted by Crippen LogP contribution is -2.40. The number of nitrogens with one attached hydrogen (secondary N) is 1. The van der Waals surface area contributed by atoms with E-state index in [1.165, 1.54) is 31.2 Å². The second kappa shape index (κ2) is 5.48. The summed E-state index contributed by atoms with van der Waals surface area (Å²) < 4.78 is 2.01. The SMILES string of the molecule is CCn1cc(CCC2CCCC(C)N2)cn1. The second-order valence-corrected chi connectivity index (χ2v) is 4.94. The lowest BCUT2D eigenvalue weighted by atomic mass is 9.95. The van der Waals surface area contributed by atoms with Gasteiger partial charge in [-0.15, -0.1) is 0 Å². The van der Waals surface area contributed by atoms with Crippen LogP contribution in [0.3, 0.4) is 0 Å². The summed E-state index contributed by atoms with van der Waals surface area (Å²) in [5, 5.41) is 7.99. The molecule has 1 aliphatic heterocycles. The zero-order valence-corrected chi connectivity index (χ0v) is 10.4. The topological polar surface area (TPSA) is 29.9 Å². The summed E-state index contributed by atoms with van der Waals surface area (Å²) in [6, 6.07) is 1.42. The normalized spacial score (nSPS) is 25.9. The molecule has 3 heteroatoms. The number of hydrogen-bond donors (Lipinski definition) is 1. The Labute approximate surface area is 98.2 Å². The Morgan fingerprint density at radius 3 is 3.06 bits per heavy atom. The molecule has 0 radical (unpaired) electrons. The van der Waals surface area contributed by atoms with Gasteiger partial charge >= 0.3 is 0 Å². The molecule has 2 rings (SSSR count). The fourth-order valence-electron chi connectivity index (χ4n) is 2.52. The molecule has 1 aromatic heterocycles. The van der Waals surface area contributed by atoms with E-state index >= 15 is 0 Å². The Hall–Kier alpha value is -0.830. The van der Waals surface area contributed by atoms with Gasteiger partial charge in [0.1, 0.15) is 0 Å². The van der Waals surface area contributed by atoms with Crippen molar-refractivity contribution < 1.29 is 0 Å². The van der Waals surface area contributed by atoms with Crippen molar-refractivity contribution >= 4 is 0 Å². The van der Waals surface area contributed by atoms with Crippen molar-refractivity contribution in [2.75, 3.05) is 0 Å². The van der Waals surface area contributed by atoms with Crippen LogP contribution in [-0.4, -0.2) is 21.9 Å². The molecule has 2 atom stereocenters. The predicted octanol–water partition coefficient (Wildman–Crippen LogP) is 2.37. The molecule has 0 amide bonds. The minimum Gasteiger partial charge on any atom is -0.311 e. The minimum atomic E-state index is 0.706. The van der Waals surface area contributed by atoms with Crippen LogP contribution in [0.1, 0.15) is 45.1 Å². The van der Waals surface area contributed by atoms with E-state index in [4.69, 9.17) is 0 Å². The van der Waals surface area contributed by atoms with Gasteiger partial charge in [0, 0.05) is 24.8 Å².